The van der Waals surface area contributed by atoms with Crippen LogP contribution in [0.1, 0.15) is 58.4 Å². The number of nitrogens with zero attached hydrogens (tertiary/aromatic N) is 1. The van der Waals surface area contributed by atoms with Crippen molar-refractivity contribution in [2.75, 3.05) is 13.1 Å². The van der Waals surface area contributed by atoms with Crippen molar-refractivity contribution in [1.82, 2.24) is 10.2 Å². The Morgan fingerprint density at radius 1 is 1.25 bits per heavy atom. The molecule has 0 radical (unpaired) electrons. The van der Waals surface area contributed by atoms with Crippen molar-refractivity contribution in [3.8, 4) is 0 Å². The molecule has 2 heterocycles. The Balaban J connectivity index is 1.92. The summed E-state index contributed by atoms with van der Waals surface area (Å²) in [4.78, 5) is 28.1. The van der Waals surface area contributed by atoms with Gasteiger partial charge in [0.25, 0.3) is 0 Å². The minimum Gasteiger partial charge on any atom is -0.348 e. The number of piperidine rings is 1. The van der Waals surface area contributed by atoms with E-state index in [2.05, 4.69) is 25.2 Å². The summed E-state index contributed by atoms with van der Waals surface area (Å²) >= 11 is 1.69. The number of carbonyl (C=O) groups is 2. The number of rotatable bonds is 4. The van der Waals surface area contributed by atoms with Gasteiger partial charge < -0.3 is 10.2 Å². The number of carbonyl (C=O) groups excluding carboxylic acids is 2. The summed E-state index contributed by atoms with van der Waals surface area (Å²) in [6, 6.07) is 4.19. The number of likely N-dealkylation sites (tertiary alicyclic amines) is 1. The van der Waals surface area contributed by atoms with Crippen molar-refractivity contribution in [3.63, 3.8) is 0 Å². The third-order valence-electron chi connectivity index (χ3n) is 4.61. The summed E-state index contributed by atoms with van der Waals surface area (Å²) in [5.74, 6) is 0.676. The Morgan fingerprint density at radius 3 is 2.33 bits per heavy atom. The molecule has 0 unspecified atom stereocenters. The summed E-state index contributed by atoms with van der Waals surface area (Å²) in [5.41, 5.74) is -0.350. The molecule has 1 aliphatic heterocycles. The van der Waals surface area contributed by atoms with E-state index >= 15 is 0 Å². The van der Waals surface area contributed by atoms with Gasteiger partial charge in [-0.15, -0.1) is 11.3 Å². The van der Waals surface area contributed by atoms with E-state index in [-0.39, 0.29) is 29.2 Å². The molecule has 0 aromatic carbocycles. The number of hydrogen-bond acceptors (Lipinski definition) is 3. The van der Waals surface area contributed by atoms with Crippen LogP contribution in [-0.2, 0) is 9.59 Å². The molecule has 1 saturated heterocycles. The van der Waals surface area contributed by atoms with Crippen LogP contribution in [0.4, 0.5) is 0 Å². The first-order valence-corrected chi connectivity index (χ1v) is 9.71. The highest BCUT2D eigenvalue weighted by Gasteiger charge is 2.33. The molecule has 1 N–H and O–H groups in total. The summed E-state index contributed by atoms with van der Waals surface area (Å²) in [5, 5.41) is 5.28. The van der Waals surface area contributed by atoms with Crippen molar-refractivity contribution in [3.05, 3.63) is 22.4 Å². The highest BCUT2D eigenvalue weighted by Crippen LogP contribution is 2.28. The van der Waals surface area contributed by atoms with Gasteiger partial charge in [0.1, 0.15) is 0 Å². The van der Waals surface area contributed by atoms with Gasteiger partial charge in [-0.25, -0.2) is 0 Å². The monoisotopic (exact) mass is 350 g/mol. The van der Waals surface area contributed by atoms with Crippen LogP contribution < -0.4 is 5.32 Å². The van der Waals surface area contributed by atoms with E-state index in [0.29, 0.717) is 19.0 Å². The normalized spacial score (nSPS) is 17.8. The highest BCUT2D eigenvalue weighted by molar-refractivity contribution is 7.10. The molecule has 0 saturated carbocycles. The van der Waals surface area contributed by atoms with Gasteiger partial charge in [0.05, 0.1) is 6.04 Å². The van der Waals surface area contributed by atoms with Crippen molar-refractivity contribution >= 4 is 23.2 Å². The fourth-order valence-electron chi connectivity index (χ4n) is 3.12. The molecular formula is C19H30N2O2S. The molecule has 5 heteroatoms. The zero-order chi connectivity index (χ0) is 17.9. The summed E-state index contributed by atoms with van der Waals surface area (Å²) < 4.78 is 0. The maximum Gasteiger partial charge on any atom is 0.227 e. The molecule has 0 aliphatic carbocycles. The molecule has 2 amide bonds. The van der Waals surface area contributed by atoms with E-state index in [1.165, 1.54) is 4.88 Å². The number of hydrogen-bond donors (Lipinski definition) is 1. The summed E-state index contributed by atoms with van der Waals surface area (Å²) in [7, 11) is 0. The van der Waals surface area contributed by atoms with Crippen molar-refractivity contribution < 1.29 is 9.59 Å². The first kappa shape index (κ1) is 19.0. The van der Waals surface area contributed by atoms with Gasteiger partial charge in [-0.3, -0.25) is 9.59 Å². The van der Waals surface area contributed by atoms with Gasteiger partial charge in [0.15, 0.2) is 0 Å². The zero-order valence-corrected chi connectivity index (χ0v) is 16.3. The SMILES string of the molecule is CC(C)[C@H](NC(=O)C1CCN(C(=O)C(C)(C)C)CC1)c1cccs1. The lowest BCUT2D eigenvalue weighted by Crippen LogP contribution is -2.47. The molecule has 1 aliphatic rings. The molecule has 1 aromatic heterocycles. The average Bonchev–Trinajstić information content (AvgIpc) is 3.04. The van der Waals surface area contributed by atoms with Crippen LogP contribution in [-0.4, -0.2) is 29.8 Å². The van der Waals surface area contributed by atoms with Crippen LogP contribution in [0, 0.1) is 17.3 Å². The van der Waals surface area contributed by atoms with E-state index in [4.69, 9.17) is 0 Å². The van der Waals surface area contributed by atoms with Crippen molar-refractivity contribution in [2.24, 2.45) is 17.3 Å². The molecule has 134 valence electrons. The van der Waals surface area contributed by atoms with Crippen molar-refractivity contribution in [1.29, 1.82) is 0 Å². The lowest BCUT2D eigenvalue weighted by Gasteiger charge is -2.35. The largest absolute Gasteiger partial charge is 0.348 e. The van der Waals surface area contributed by atoms with Crippen LogP contribution in [0.25, 0.3) is 0 Å². The Morgan fingerprint density at radius 2 is 1.88 bits per heavy atom. The van der Waals surface area contributed by atoms with Crippen molar-refractivity contribution in [2.45, 2.75) is 53.5 Å². The van der Waals surface area contributed by atoms with Crippen LogP contribution >= 0.6 is 11.3 Å². The van der Waals surface area contributed by atoms with Gasteiger partial charge in [-0.05, 0) is 30.2 Å². The number of thiophene rings is 1. The van der Waals surface area contributed by atoms with Gasteiger partial charge in [0.2, 0.25) is 11.8 Å². The predicted octanol–water partition coefficient (Wildman–Crippen LogP) is 3.85. The molecule has 2 rings (SSSR count). The minimum absolute atomic E-state index is 0.00947. The molecule has 1 aromatic rings. The number of amides is 2. The van der Waals surface area contributed by atoms with E-state index in [1.54, 1.807) is 11.3 Å². The quantitative estimate of drug-likeness (QED) is 0.897. The minimum atomic E-state index is -0.350. The van der Waals surface area contributed by atoms with Crippen LogP contribution in [0.3, 0.4) is 0 Å². The maximum atomic E-state index is 12.7. The number of nitrogens with one attached hydrogen (secondary N) is 1. The second kappa shape index (κ2) is 7.68. The van der Waals surface area contributed by atoms with Gasteiger partial charge >= 0.3 is 0 Å². The highest BCUT2D eigenvalue weighted by atomic mass is 32.1. The molecule has 1 fully saturated rings. The molecular weight excluding hydrogens is 320 g/mol. The molecule has 4 nitrogen and oxygen atoms in total. The molecule has 0 spiro atoms. The summed E-state index contributed by atoms with van der Waals surface area (Å²) in [6.45, 7) is 11.5. The second-order valence-electron chi connectivity index (χ2n) is 8.06. The van der Waals surface area contributed by atoms with Gasteiger partial charge in [0, 0.05) is 29.3 Å². The van der Waals surface area contributed by atoms with Gasteiger partial charge in [-0.2, -0.15) is 0 Å². The summed E-state index contributed by atoms with van der Waals surface area (Å²) in [6.07, 6.45) is 1.51. The predicted molar refractivity (Wildman–Crippen MR) is 98.8 cm³/mol. The Labute approximate surface area is 149 Å². The Hall–Kier alpha value is -1.36. The smallest absolute Gasteiger partial charge is 0.227 e. The molecule has 24 heavy (non-hydrogen) atoms. The Kier molecular flexibility index (Phi) is 6.07. The third kappa shape index (κ3) is 4.59. The Bertz CT molecular complexity index is 552. The van der Waals surface area contributed by atoms with E-state index in [0.717, 1.165) is 12.8 Å². The topological polar surface area (TPSA) is 49.4 Å². The lowest BCUT2D eigenvalue weighted by atomic mass is 9.90. The van der Waals surface area contributed by atoms with E-state index in [1.807, 2.05) is 37.1 Å². The van der Waals surface area contributed by atoms with Crippen LogP contribution in [0.2, 0.25) is 0 Å². The maximum absolute atomic E-state index is 12.7. The standard InChI is InChI=1S/C19H30N2O2S/c1-13(2)16(15-7-6-12-24-15)20-17(22)14-8-10-21(11-9-14)18(23)19(3,4)5/h6-7,12-14,16H,8-11H2,1-5H3,(H,20,22)/t16-/m0/s1. The van der Waals surface area contributed by atoms with Gasteiger partial charge in [-0.1, -0.05) is 40.7 Å². The lowest BCUT2D eigenvalue weighted by molar-refractivity contribution is -0.142. The first-order valence-electron chi connectivity index (χ1n) is 8.83. The first-order chi connectivity index (χ1) is 11.2. The zero-order valence-electron chi connectivity index (χ0n) is 15.5. The molecule has 0 bridgehead atoms. The van der Waals surface area contributed by atoms with Crippen LogP contribution in [0.15, 0.2) is 17.5 Å². The fourth-order valence-corrected chi connectivity index (χ4v) is 4.07. The second-order valence-corrected chi connectivity index (χ2v) is 9.04. The van der Waals surface area contributed by atoms with E-state index < -0.39 is 0 Å². The third-order valence-corrected chi connectivity index (χ3v) is 5.56. The average molecular weight is 351 g/mol. The fraction of sp³-hybridized carbons (Fsp3) is 0.684. The van der Waals surface area contributed by atoms with Crippen LogP contribution in [0.5, 0.6) is 0 Å². The molecule has 1 atom stereocenters. The van der Waals surface area contributed by atoms with E-state index in [9.17, 15) is 9.59 Å².